The summed E-state index contributed by atoms with van der Waals surface area (Å²) in [5.41, 5.74) is 3.05. The van der Waals surface area contributed by atoms with Crippen LogP contribution in [-0.4, -0.2) is 65.6 Å². The van der Waals surface area contributed by atoms with Crippen molar-refractivity contribution in [2.45, 2.75) is 38.1 Å². The highest BCUT2D eigenvalue weighted by molar-refractivity contribution is 5.76. The van der Waals surface area contributed by atoms with Gasteiger partial charge in [-0.05, 0) is 24.6 Å². The second-order valence-electron chi connectivity index (χ2n) is 7.46. The van der Waals surface area contributed by atoms with E-state index in [1.807, 2.05) is 4.90 Å². The van der Waals surface area contributed by atoms with Crippen LogP contribution in [0.1, 0.15) is 32.1 Å². The number of carbonyl (C=O) groups is 2. The number of hydroxylamine groups is 1. The number of piperazine rings is 1. The number of hydrogen-bond acceptors (Lipinski definition) is 5. The first kappa shape index (κ1) is 19.6. The van der Waals surface area contributed by atoms with Crippen molar-refractivity contribution in [2.75, 3.05) is 32.7 Å². The monoisotopic (exact) mass is 374 g/mol. The van der Waals surface area contributed by atoms with Gasteiger partial charge in [-0.15, -0.1) is 0 Å². The molecule has 2 atom stereocenters. The van der Waals surface area contributed by atoms with Crippen LogP contribution >= 0.6 is 0 Å². The van der Waals surface area contributed by atoms with E-state index < -0.39 is 0 Å². The van der Waals surface area contributed by atoms with Gasteiger partial charge in [-0.25, -0.2) is 5.48 Å². The first-order chi connectivity index (χ1) is 13.2. The Morgan fingerprint density at radius 3 is 2.59 bits per heavy atom. The highest BCUT2D eigenvalue weighted by Gasteiger charge is 2.29. The van der Waals surface area contributed by atoms with Crippen LogP contribution in [-0.2, 0) is 9.59 Å². The zero-order chi connectivity index (χ0) is 19.1. The van der Waals surface area contributed by atoms with E-state index in [1.54, 1.807) is 5.48 Å². The van der Waals surface area contributed by atoms with Crippen molar-refractivity contribution in [2.24, 2.45) is 5.92 Å². The Bertz CT molecular complexity index is 621. The Kier molecular flexibility index (Phi) is 7.06. The molecule has 7 heteroatoms. The molecular weight excluding hydrogens is 344 g/mol. The van der Waals surface area contributed by atoms with E-state index >= 15 is 0 Å². The number of nitrogens with zero attached hydrogens (tertiary/aromatic N) is 2. The number of unbranched alkanes of at least 4 members (excludes halogenated alkanes) is 2. The lowest BCUT2D eigenvalue weighted by Crippen LogP contribution is -2.49. The molecule has 1 fully saturated rings. The molecule has 0 bridgehead atoms. The van der Waals surface area contributed by atoms with Gasteiger partial charge >= 0.3 is 0 Å². The summed E-state index contributed by atoms with van der Waals surface area (Å²) >= 11 is 0. The fourth-order valence-corrected chi connectivity index (χ4v) is 3.94. The molecule has 0 aromatic rings. The molecule has 2 amide bonds. The van der Waals surface area contributed by atoms with Crippen LogP contribution in [0.25, 0.3) is 0 Å². The Hall–Kier alpha value is -2.12. The Balaban J connectivity index is 1.32. The van der Waals surface area contributed by atoms with Gasteiger partial charge in [-0.1, -0.05) is 30.7 Å². The summed E-state index contributed by atoms with van der Waals surface area (Å²) in [6, 6.07) is 0.399. The molecule has 3 N–H and O–H groups in total. The summed E-state index contributed by atoms with van der Waals surface area (Å²) in [6.07, 6.45) is 14.0. The summed E-state index contributed by atoms with van der Waals surface area (Å²) in [6.45, 7) is 4.36. The van der Waals surface area contributed by atoms with Crippen LogP contribution in [0.15, 0.2) is 36.1 Å². The molecule has 2 unspecified atom stereocenters. The van der Waals surface area contributed by atoms with E-state index in [0.717, 1.165) is 45.6 Å². The van der Waals surface area contributed by atoms with Gasteiger partial charge in [0.15, 0.2) is 0 Å². The third-order valence-electron chi connectivity index (χ3n) is 5.57. The summed E-state index contributed by atoms with van der Waals surface area (Å²) in [7, 11) is 0. The topological polar surface area (TPSA) is 84.9 Å². The Morgan fingerprint density at radius 2 is 1.81 bits per heavy atom. The van der Waals surface area contributed by atoms with Crippen LogP contribution in [0.5, 0.6) is 0 Å². The van der Waals surface area contributed by atoms with Crippen molar-refractivity contribution in [1.29, 1.82) is 0 Å². The predicted molar refractivity (Wildman–Crippen MR) is 103 cm³/mol. The van der Waals surface area contributed by atoms with E-state index in [1.165, 1.54) is 5.57 Å². The van der Waals surface area contributed by atoms with Crippen LogP contribution in [0, 0.1) is 5.92 Å². The second kappa shape index (κ2) is 9.71. The molecule has 1 saturated heterocycles. The van der Waals surface area contributed by atoms with Gasteiger partial charge in [0, 0.05) is 51.5 Å². The van der Waals surface area contributed by atoms with E-state index in [2.05, 4.69) is 40.7 Å². The van der Waals surface area contributed by atoms with Crippen molar-refractivity contribution in [1.82, 2.24) is 20.6 Å². The molecule has 148 valence electrons. The first-order valence-electron chi connectivity index (χ1n) is 9.90. The minimum Gasteiger partial charge on any atom is -0.384 e. The predicted octanol–water partition coefficient (Wildman–Crippen LogP) is 1.18. The largest absolute Gasteiger partial charge is 0.384 e. The van der Waals surface area contributed by atoms with Gasteiger partial charge in [-0.2, -0.15) is 0 Å². The fourth-order valence-electron chi connectivity index (χ4n) is 3.94. The van der Waals surface area contributed by atoms with E-state index in [0.29, 0.717) is 31.2 Å². The summed E-state index contributed by atoms with van der Waals surface area (Å²) in [4.78, 5) is 27.7. The van der Waals surface area contributed by atoms with Gasteiger partial charge in [0.1, 0.15) is 0 Å². The Labute approximate surface area is 160 Å². The van der Waals surface area contributed by atoms with E-state index in [9.17, 15) is 9.59 Å². The van der Waals surface area contributed by atoms with Crippen LogP contribution < -0.4 is 10.8 Å². The van der Waals surface area contributed by atoms with Crippen molar-refractivity contribution in [3.05, 3.63) is 36.1 Å². The van der Waals surface area contributed by atoms with Gasteiger partial charge in [0.25, 0.3) is 0 Å². The highest BCUT2D eigenvalue weighted by atomic mass is 16.5. The van der Waals surface area contributed by atoms with E-state index in [-0.39, 0.29) is 11.8 Å². The smallest absolute Gasteiger partial charge is 0.243 e. The third kappa shape index (κ3) is 5.43. The number of carbonyl (C=O) groups excluding carboxylic acids is 2. The molecule has 0 saturated carbocycles. The number of hydrogen-bond donors (Lipinski definition) is 3. The lowest BCUT2D eigenvalue weighted by atomic mass is 9.91. The zero-order valence-corrected chi connectivity index (χ0v) is 15.8. The SMILES string of the molecule is O=C(CCCCCC(=O)N1CCN(CC2=CNC3C=CC=CC23)CC1)NO. The van der Waals surface area contributed by atoms with Gasteiger partial charge in [0.2, 0.25) is 11.8 Å². The number of rotatable bonds is 8. The number of fused-ring (bicyclic) bond motifs is 1. The molecule has 1 aliphatic carbocycles. The van der Waals surface area contributed by atoms with Crippen LogP contribution in [0.4, 0.5) is 0 Å². The average molecular weight is 374 g/mol. The lowest BCUT2D eigenvalue weighted by molar-refractivity contribution is -0.133. The van der Waals surface area contributed by atoms with E-state index in [4.69, 9.17) is 5.21 Å². The number of allylic oxidation sites excluding steroid dienone is 2. The summed E-state index contributed by atoms with van der Waals surface area (Å²) in [5, 5.41) is 11.9. The Morgan fingerprint density at radius 1 is 1.07 bits per heavy atom. The molecule has 7 nitrogen and oxygen atoms in total. The molecule has 0 aromatic heterocycles. The molecule has 3 aliphatic rings. The molecule has 2 aliphatic heterocycles. The maximum absolute atomic E-state index is 12.3. The fraction of sp³-hybridized carbons (Fsp3) is 0.600. The maximum Gasteiger partial charge on any atom is 0.243 e. The normalized spacial score (nSPS) is 24.3. The maximum atomic E-state index is 12.3. The minimum atomic E-state index is -0.365. The van der Waals surface area contributed by atoms with Gasteiger partial charge < -0.3 is 10.2 Å². The molecular formula is C20H30N4O3. The highest BCUT2D eigenvalue weighted by Crippen LogP contribution is 2.27. The van der Waals surface area contributed by atoms with Gasteiger partial charge in [0.05, 0.1) is 6.04 Å². The standard InChI is InChI=1S/C20H30N4O3/c25-19(22-27)8-2-1-3-9-20(26)24-12-10-23(11-13-24)15-16-14-21-18-7-5-4-6-17(16)18/h4-7,14,17-18,21,27H,1-3,8-13,15H2,(H,22,25). The lowest BCUT2D eigenvalue weighted by Gasteiger charge is -2.35. The van der Waals surface area contributed by atoms with Crippen molar-refractivity contribution in [3.63, 3.8) is 0 Å². The second-order valence-corrected chi connectivity index (χ2v) is 7.46. The third-order valence-corrected chi connectivity index (χ3v) is 5.57. The zero-order valence-electron chi connectivity index (χ0n) is 15.8. The van der Waals surface area contributed by atoms with Crippen LogP contribution in [0.2, 0.25) is 0 Å². The number of nitrogens with one attached hydrogen (secondary N) is 2. The summed E-state index contributed by atoms with van der Waals surface area (Å²) < 4.78 is 0. The molecule has 2 heterocycles. The van der Waals surface area contributed by atoms with Crippen molar-refractivity contribution < 1.29 is 14.8 Å². The molecule has 0 spiro atoms. The van der Waals surface area contributed by atoms with Crippen molar-refractivity contribution in [3.8, 4) is 0 Å². The number of amides is 2. The van der Waals surface area contributed by atoms with Crippen LogP contribution in [0.3, 0.4) is 0 Å². The molecule has 3 rings (SSSR count). The van der Waals surface area contributed by atoms with Gasteiger partial charge in [-0.3, -0.25) is 19.7 Å². The minimum absolute atomic E-state index is 0.212. The van der Waals surface area contributed by atoms with Crippen molar-refractivity contribution >= 4 is 11.8 Å². The molecule has 27 heavy (non-hydrogen) atoms. The summed E-state index contributed by atoms with van der Waals surface area (Å²) in [5.74, 6) is 0.307. The average Bonchev–Trinajstić information content (AvgIpc) is 3.11. The quantitative estimate of drug-likeness (QED) is 0.338. The molecule has 0 aromatic carbocycles. The first-order valence-corrected chi connectivity index (χ1v) is 9.90. The molecule has 0 radical (unpaired) electrons.